The SMILES string of the molecule is O=C(N/N=C\c1ccc(-c2cccc(Br)c2)o1)[C@H]1COc2ccccc2O1. The van der Waals surface area contributed by atoms with Crippen molar-refractivity contribution in [3.05, 3.63) is 70.9 Å². The molecule has 0 saturated heterocycles. The number of carbonyl (C=O) groups is 1. The number of ether oxygens (including phenoxy) is 2. The zero-order valence-corrected chi connectivity index (χ0v) is 15.7. The zero-order valence-electron chi connectivity index (χ0n) is 14.1. The Morgan fingerprint density at radius 2 is 1.96 bits per heavy atom. The van der Waals surface area contributed by atoms with E-state index in [0.717, 1.165) is 10.0 Å². The maximum Gasteiger partial charge on any atom is 0.284 e. The van der Waals surface area contributed by atoms with Gasteiger partial charge in [0.15, 0.2) is 11.5 Å². The first-order valence-electron chi connectivity index (χ1n) is 8.26. The second-order valence-corrected chi connectivity index (χ2v) is 6.73. The summed E-state index contributed by atoms with van der Waals surface area (Å²) >= 11 is 3.43. The Morgan fingerprint density at radius 3 is 2.81 bits per heavy atom. The first kappa shape index (κ1) is 17.4. The molecule has 1 amide bonds. The molecule has 0 bridgehead atoms. The number of fused-ring (bicyclic) bond motifs is 1. The van der Waals surface area contributed by atoms with Crippen LogP contribution in [-0.2, 0) is 4.79 Å². The second-order valence-electron chi connectivity index (χ2n) is 5.81. The summed E-state index contributed by atoms with van der Waals surface area (Å²) in [5, 5.41) is 3.93. The summed E-state index contributed by atoms with van der Waals surface area (Å²) in [4.78, 5) is 12.2. The molecule has 0 fully saturated rings. The summed E-state index contributed by atoms with van der Waals surface area (Å²) in [6, 6.07) is 18.6. The van der Waals surface area contributed by atoms with Gasteiger partial charge in [-0.25, -0.2) is 5.43 Å². The predicted octanol–water partition coefficient (Wildman–Crippen LogP) is 4.00. The number of halogens is 1. The molecular formula is C20H15BrN2O4. The van der Waals surface area contributed by atoms with E-state index in [4.69, 9.17) is 13.9 Å². The molecule has 3 aromatic rings. The molecule has 0 saturated carbocycles. The third-order valence-corrected chi connectivity index (χ3v) is 4.40. The molecule has 0 spiro atoms. The van der Waals surface area contributed by atoms with Crippen molar-refractivity contribution in [1.29, 1.82) is 0 Å². The van der Waals surface area contributed by atoms with Crippen LogP contribution in [-0.4, -0.2) is 24.8 Å². The molecule has 0 unspecified atom stereocenters. The molecule has 0 radical (unpaired) electrons. The van der Waals surface area contributed by atoms with Crippen LogP contribution in [0.1, 0.15) is 5.76 Å². The van der Waals surface area contributed by atoms with E-state index in [9.17, 15) is 4.79 Å². The van der Waals surface area contributed by atoms with Gasteiger partial charge in [0, 0.05) is 10.0 Å². The maximum absolute atomic E-state index is 12.2. The molecule has 1 atom stereocenters. The Bertz CT molecular complexity index is 999. The van der Waals surface area contributed by atoms with E-state index >= 15 is 0 Å². The number of nitrogens with one attached hydrogen (secondary N) is 1. The van der Waals surface area contributed by atoms with Gasteiger partial charge < -0.3 is 13.9 Å². The van der Waals surface area contributed by atoms with Crippen molar-refractivity contribution >= 4 is 28.1 Å². The molecule has 1 aliphatic heterocycles. The number of furan rings is 1. The average Bonchev–Trinajstić information content (AvgIpc) is 3.16. The molecule has 2 heterocycles. The van der Waals surface area contributed by atoms with Crippen LogP contribution in [0, 0.1) is 0 Å². The molecule has 1 N–H and O–H groups in total. The van der Waals surface area contributed by atoms with Crippen molar-refractivity contribution in [1.82, 2.24) is 5.43 Å². The number of hydrogen-bond acceptors (Lipinski definition) is 5. The van der Waals surface area contributed by atoms with Crippen molar-refractivity contribution in [2.45, 2.75) is 6.10 Å². The van der Waals surface area contributed by atoms with Crippen LogP contribution in [0.15, 0.2) is 74.7 Å². The van der Waals surface area contributed by atoms with Crippen LogP contribution in [0.25, 0.3) is 11.3 Å². The van der Waals surface area contributed by atoms with Gasteiger partial charge in [-0.15, -0.1) is 0 Å². The quantitative estimate of drug-likeness (QED) is 0.505. The zero-order chi connectivity index (χ0) is 18.6. The summed E-state index contributed by atoms with van der Waals surface area (Å²) < 4.78 is 17.8. The third kappa shape index (κ3) is 4.03. The lowest BCUT2D eigenvalue weighted by atomic mass is 10.2. The highest BCUT2D eigenvalue weighted by Gasteiger charge is 2.26. The van der Waals surface area contributed by atoms with Crippen molar-refractivity contribution in [2.24, 2.45) is 5.10 Å². The highest BCUT2D eigenvalue weighted by molar-refractivity contribution is 9.10. The van der Waals surface area contributed by atoms with E-state index < -0.39 is 6.10 Å². The summed E-state index contributed by atoms with van der Waals surface area (Å²) in [6.07, 6.45) is 0.683. The van der Waals surface area contributed by atoms with Gasteiger partial charge in [0.25, 0.3) is 5.91 Å². The lowest BCUT2D eigenvalue weighted by Gasteiger charge is -2.24. The number of benzene rings is 2. The van der Waals surface area contributed by atoms with E-state index in [1.165, 1.54) is 6.21 Å². The number of hydrogen-bond donors (Lipinski definition) is 1. The molecule has 0 aliphatic carbocycles. The predicted molar refractivity (Wildman–Crippen MR) is 104 cm³/mol. The Morgan fingerprint density at radius 1 is 1.11 bits per heavy atom. The van der Waals surface area contributed by atoms with E-state index in [-0.39, 0.29) is 12.5 Å². The lowest BCUT2D eigenvalue weighted by molar-refractivity contribution is -0.130. The van der Waals surface area contributed by atoms with E-state index in [2.05, 4.69) is 26.5 Å². The van der Waals surface area contributed by atoms with Gasteiger partial charge in [0.2, 0.25) is 6.10 Å². The largest absolute Gasteiger partial charge is 0.485 e. The molecule has 1 aliphatic rings. The minimum atomic E-state index is -0.758. The monoisotopic (exact) mass is 426 g/mol. The van der Waals surface area contributed by atoms with Crippen molar-refractivity contribution < 1.29 is 18.7 Å². The molecule has 6 nitrogen and oxygen atoms in total. The van der Waals surface area contributed by atoms with Crippen molar-refractivity contribution in [2.75, 3.05) is 6.61 Å². The van der Waals surface area contributed by atoms with Crippen LogP contribution >= 0.6 is 15.9 Å². The number of para-hydroxylation sites is 2. The normalized spacial score (nSPS) is 15.7. The molecular weight excluding hydrogens is 412 g/mol. The molecule has 4 rings (SSSR count). The Balaban J connectivity index is 1.36. The topological polar surface area (TPSA) is 73.1 Å². The molecule has 7 heteroatoms. The smallest absolute Gasteiger partial charge is 0.284 e. The number of hydrazone groups is 1. The summed E-state index contributed by atoms with van der Waals surface area (Å²) in [6.45, 7) is 0.131. The van der Waals surface area contributed by atoms with Gasteiger partial charge in [-0.2, -0.15) is 5.10 Å². The molecule has 2 aromatic carbocycles. The second kappa shape index (κ2) is 7.67. The fraction of sp³-hybridized carbons (Fsp3) is 0.100. The molecule has 1 aromatic heterocycles. The van der Waals surface area contributed by atoms with Gasteiger partial charge in [-0.3, -0.25) is 4.79 Å². The molecule has 27 heavy (non-hydrogen) atoms. The van der Waals surface area contributed by atoms with E-state index in [0.29, 0.717) is 23.0 Å². The third-order valence-electron chi connectivity index (χ3n) is 3.90. The Hall–Kier alpha value is -3.06. The maximum atomic E-state index is 12.2. The summed E-state index contributed by atoms with van der Waals surface area (Å²) in [5.74, 6) is 2.01. The van der Waals surface area contributed by atoms with Gasteiger partial charge in [0.1, 0.15) is 18.1 Å². The van der Waals surface area contributed by atoms with Crippen LogP contribution in [0.5, 0.6) is 11.5 Å². The van der Waals surface area contributed by atoms with E-state index in [1.807, 2.05) is 42.5 Å². The lowest BCUT2D eigenvalue weighted by Crippen LogP contribution is -2.42. The first-order valence-corrected chi connectivity index (χ1v) is 9.05. The van der Waals surface area contributed by atoms with Gasteiger partial charge in [0.05, 0.1) is 6.21 Å². The van der Waals surface area contributed by atoms with Crippen LogP contribution in [0.4, 0.5) is 0 Å². The van der Waals surface area contributed by atoms with Crippen LogP contribution in [0.3, 0.4) is 0 Å². The minimum Gasteiger partial charge on any atom is -0.485 e. The summed E-state index contributed by atoms with van der Waals surface area (Å²) in [7, 11) is 0. The van der Waals surface area contributed by atoms with Crippen molar-refractivity contribution in [3.63, 3.8) is 0 Å². The minimum absolute atomic E-state index is 0.131. The average molecular weight is 427 g/mol. The number of nitrogens with zero attached hydrogens (tertiary/aromatic N) is 1. The van der Waals surface area contributed by atoms with Crippen LogP contribution < -0.4 is 14.9 Å². The van der Waals surface area contributed by atoms with Crippen LogP contribution in [0.2, 0.25) is 0 Å². The highest BCUT2D eigenvalue weighted by Crippen LogP contribution is 2.30. The number of amides is 1. The first-order chi connectivity index (χ1) is 13.2. The fourth-order valence-corrected chi connectivity index (χ4v) is 3.00. The number of carbonyl (C=O) groups excluding carboxylic acids is 1. The van der Waals surface area contributed by atoms with Gasteiger partial charge in [-0.1, -0.05) is 40.2 Å². The number of rotatable bonds is 4. The highest BCUT2D eigenvalue weighted by atomic mass is 79.9. The standard InChI is InChI=1S/C20H15BrN2O4/c21-14-5-3-4-13(10-14)16-9-8-15(26-16)11-22-23-20(24)19-12-25-17-6-1-2-7-18(17)27-19/h1-11,19H,12H2,(H,23,24)/b22-11-/t19-/m1/s1. The summed E-state index contributed by atoms with van der Waals surface area (Å²) in [5.41, 5.74) is 3.39. The van der Waals surface area contributed by atoms with Crippen molar-refractivity contribution in [3.8, 4) is 22.8 Å². The van der Waals surface area contributed by atoms with Gasteiger partial charge >= 0.3 is 0 Å². The van der Waals surface area contributed by atoms with Gasteiger partial charge in [-0.05, 0) is 36.4 Å². The van der Waals surface area contributed by atoms with E-state index in [1.54, 1.807) is 18.2 Å². The Labute approximate surface area is 163 Å². The fourth-order valence-electron chi connectivity index (χ4n) is 2.60. The Kier molecular flexibility index (Phi) is 4.93. The molecule has 136 valence electrons.